The number of hydrogen-bond donors (Lipinski definition) is 0. The van der Waals surface area contributed by atoms with Gasteiger partial charge in [0.1, 0.15) is 18.2 Å². The van der Waals surface area contributed by atoms with Gasteiger partial charge in [0.2, 0.25) is 5.82 Å². The zero-order chi connectivity index (χ0) is 11.0. The van der Waals surface area contributed by atoms with Gasteiger partial charge in [-0.2, -0.15) is 5.26 Å². The summed E-state index contributed by atoms with van der Waals surface area (Å²) < 4.78 is 1.73. The van der Waals surface area contributed by atoms with Crippen LogP contribution >= 0.6 is 0 Å². The molecule has 0 fully saturated rings. The highest BCUT2D eigenvalue weighted by Gasteiger charge is 2.19. The predicted octanol–water partition coefficient (Wildman–Crippen LogP) is 1.02. The van der Waals surface area contributed by atoms with Gasteiger partial charge >= 0.3 is 0 Å². The molecular formula is C11H9N5. The molecule has 0 aliphatic heterocycles. The first-order chi connectivity index (χ1) is 7.90. The van der Waals surface area contributed by atoms with Crippen LogP contribution < -0.4 is 0 Å². The van der Waals surface area contributed by atoms with Crippen LogP contribution in [0.5, 0.6) is 0 Å². The Labute approximate surface area is 92.4 Å². The number of imidazole rings is 1. The fourth-order valence-electron chi connectivity index (χ4n) is 2.11. The number of fused-ring (bicyclic) bond motifs is 1. The van der Waals surface area contributed by atoms with Gasteiger partial charge in [0.25, 0.3) is 0 Å². The molecule has 0 spiro atoms. The molecule has 2 aromatic heterocycles. The maximum Gasteiger partial charge on any atom is 0.218 e. The molecule has 0 atom stereocenters. The molecule has 2 aromatic rings. The molecule has 2 heterocycles. The second-order valence-electron chi connectivity index (χ2n) is 3.71. The van der Waals surface area contributed by atoms with Crippen molar-refractivity contribution in [3.05, 3.63) is 35.8 Å². The minimum absolute atomic E-state index is 0.368. The van der Waals surface area contributed by atoms with E-state index in [0.29, 0.717) is 5.82 Å². The Hall–Kier alpha value is -2.22. The third-order valence-corrected chi connectivity index (χ3v) is 2.82. The molecule has 0 aromatic carbocycles. The van der Waals surface area contributed by atoms with Gasteiger partial charge in [-0.3, -0.25) is 4.57 Å². The highest BCUT2D eigenvalue weighted by atomic mass is 15.1. The lowest BCUT2D eigenvalue weighted by Gasteiger charge is -2.07. The summed E-state index contributed by atoms with van der Waals surface area (Å²) in [6.07, 6.45) is 8.02. The Kier molecular flexibility index (Phi) is 1.93. The molecule has 78 valence electrons. The third kappa shape index (κ3) is 1.20. The van der Waals surface area contributed by atoms with E-state index in [1.54, 1.807) is 23.3 Å². The highest BCUT2D eigenvalue weighted by molar-refractivity contribution is 5.41. The monoisotopic (exact) mass is 211 g/mol. The summed E-state index contributed by atoms with van der Waals surface area (Å²) in [6, 6.07) is 2.06. The first kappa shape index (κ1) is 9.04. The van der Waals surface area contributed by atoms with E-state index in [2.05, 4.69) is 21.0 Å². The van der Waals surface area contributed by atoms with E-state index in [-0.39, 0.29) is 0 Å². The summed E-state index contributed by atoms with van der Waals surface area (Å²) in [5.74, 6) is 1.17. The standard InChI is InChI=1S/C11H9N5/c12-6-10-13-4-5-16(10)11-8-2-1-3-9(8)14-7-15-11/h4-5,7H,1-3H2. The lowest BCUT2D eigenvalue weighted by molar-refractivity contribution is 0.892. The summed E-state index contributed by atoms with van der Waals surface area (Å²) in [7, 11) is 0. The first-order valence-corrected chi connectivity index (χ1v) is 5.16. The van der Waals surface area contributed by atoms with Gasteiger partial charge in [-0.1, -0.05) is 0 Å². The van der Waals surface area contributed by atoms with Gasteiger partial charge in [0, 0.05) is 23.7 Å². The van der Waals surface area contributed by atoms with E-state index in [1.807, 2.05) is 0 Å². The molecule has 1 aliphatic carbocycles. The van der Waals surface area contributed by atoms with E-state index in [0.717, 1.165) is 36.3 Å². The second-order valence-corrected chi connectivity index (χ2v) is 3.71. The number of nitrogens with zero attached hydrogens (tertiary/aromatic N) is 5. The molecule has 0 saturated carbocycles. The average Bonchev–Trinajstić information content (AvgIpc) is 2.96. The van der Waals surface area contributed by atoms with Crippen molar-refractivity contribution < 1.29 is 0 Å². The van der Waals surface area contributed by atoms with Crippen molar-refractivity contribution in [3.63, 3.8) is 0 Å². The predicted molar refractivity (Wildman–Crippen MR) is 55.9 cm³/mol. The Balaban J connectivity index is 2.22. The van der Waals surface area contributed by atoms with Crippen LogP contribution in [-0.4, -0.2) is 19.5 Å². The van der Waals surface area contributed by atoms with E-state index in [4.69, 9.17) is 5.26 Å². The van der Waals surface area contributed by atoms with Crippen LogP contribution in [-0.2, 0) is 12.8 Å². The molecule has 5 nitrogen and oxygen atoms in total. The average molecular weight is 211 g/mol. The molecule has 1 aliphatic rings. The molecule has 16 heavy (non-hydrogen) atoms. The fourth-order valence-corrected chi connectivity index (χ4v) is 2.11. The molecule has 0 radical (unpaired) electrons. The minimum atomic E-state index is 0.368. The Morgan fingerprint density at radius 3 is 3.06 bits per heavy atom. The van der Waals surface area contributed by atoms with Gasteiger partial charge in [0.05, 0.1) is 0 Å². The number of hydrogen-bond acceptors (Lipinski definition) is 4. The van der Waals surface area contributed by atoms with Crippen LogP contribution in [0.1, 0.15) is 23.5 Å². The smallest absolute Gasteiger partial charge is 0.218 e. The van der Waals surface area contributed by atoms with E-state index in [1.165, 1.54) is 0 Å². The SMILES string of the molecule is N#Cc1nccn1-c1ncnc2c1CCC2. The molecular weight excluding hydrogens is 202 g/mol. The van der Waals surface area contributed by atoms with Crippen LogP contribution in [0.25, 0.3) is 5.82 Å². The molecule has 0 saturated heterocycles. The van der Waals surface area contributed by atoms with Gasteiger partial charge in [-0.05, 0) is 19.3 Å². The van der Waals surface area contributed by atoms with Crippen molar-refractivity contribution in [1.29, 1.82) is 5.26 Å². The maximum atomic E-state index is 8.94. The molecule has 0 N–H and O–H groups in total. The molecule has 5 heteroatoms. The largest absolute Gasteiger partial charge is 0.275 e. The van der Waals surface area contributed by atoms with E-state index >= 15 is 0 Å². The van der Waals surface area contributed by atoms with Crippen molar-refractivity contribution in [2.24, 2.45) is 0 Å². The topological polar surface area (TPSA) is 67.4 Å². The Morgan fingerprint density at radius 2 is 2.19 bits per heavy atom. The summed E-state index contributed by atoms with van der Waals surface area (Å²) in [6.45, 7) is 0. The second kappa shape index (κ2) is 3.42. The van der Waals surface area contributed by atoms with Crippen LogP contribution in [0.2, 0.25) is 0 Å². The van der Waals surface area contributed by atoms with Crippen molar-refractivity contribution in [1.82, 2.24) is 19.5 Å². The molecule has 0 bridgehead atoms. The summed E-state index contributed by atoms with van der Waals surface area (Å²) in [5.41, 5.74) is 2.25. The highest BCUT2D eigenvalue weighted by Crippen LogP contribution is 2.24. The minimum Gasteiger partial charge on any atom is -0.275 e. The van der Waals surface area contributed by atoms with E-state index in [9.17, 15) is 0 Å². The van der Waals surface area contributed by atoms with Crippen LogP contribution in [0.15, 0.2) is 18.7 Å². The van der Waals surface area contributed by atoms with Crippen LogP contribution in [0.3, 0.4) is 0 Å². The van der Waals surface area contributed by atoms with Crippen molar-refractivity contribution in [2.45, 2.75) is 19.3 Å². The lowest BCUT2D eigenvalue weighted by Crippen LogP contribution is -2.05. The lowest BCUT2D eigenvalue weighted by atomic mass is 10.2. The zero-order valence-corrected chi connectivity index (χ0v) is 8.59. The number of aryl methyl sites for hydroxylation is 1. The molecule has 0 unspecified atom stereocenters. The fraction of sp³-hybridized carbons (Fsp3) is 0.273. The summed E-state index contributed by atoms with van der Waals surface area (Å²) >= 11 is 0. The maximum absolute atomic E-state index is 8.94. The Morgan fingerprint density at radius 1 is 1.25 bits per heavy atom. The first-order valence-electron chi connectivity index (χ1n) is 5.16. The van der Waals surface area contributed by atoms with Crippen molar-refractivity contribution >= 4 is 0 Å². The Bertz CT molecular complexity index is 578. The van der Waals surface area contributed by atoms with Crippen molar-refractivity contribution in [2.75, 3.05) is 0 Å². The summed E-state index contributed by atoms with van der Waals surface area (Å²) in [5, 5.41) is 8.94. The van der Waals surface area contributed by atoms with E-state index < -0.39 is 0 Å². The quantitative estimate of drug-likeness (QED) is 0.706. The van der Waals surface area contributed by atoms with Crippen LogP contribution in [0, 0.1) is 11.3 Å². The zero-order valence-electron chi connectivity index (χ0n) is 8.59. The number of nitriles is 1. The van der Waals surface area contributed by atoms with Crippen molar-refractivity contribution in [3.8, 4) is 11.9 Å². The van der Waals surface area contributed by atoms with Gasteiger partial charge in [-0.25, -0.2) is 15.0 Å². The van der Waals surface area contributed by atoms with Gasteiger partial charge in [-0.15, -0.1) is 0 Å². The third-order valence-electron chi connectivity index (χ3n) is 2.82. The van der Waals surface area contributed by atoms with Gasteiger partial charge in [0.15, 0.2) is 0 Å². The van der Waals surface area contributed by atoms with Crippen LogP contribution in [0.4, 0.5) is 0 Å². The molecule has 0 amide bonds. The number of aromatic nitrogens is 4. The van der Waals surface area contributed by atoms with Gasteiger partial charge < -0.3 is 0 Å². The summed E-state index contributed by atoms with van der Waals surface area (Å²) in [4.78, 5) is 12.5. The normalized spacial score (nSPS) is 13.4. The number of rotatable bonds is 1. The molecule has 3 rings (SSSR count).